The number of furan rings is 1. The molecule has 4 nitrogen and oxygen atoms in total. The molecule has 1 aromatic heterocycles. The summed E-state index contributed by atoms with van der Waals surface area (Å²) in [4.78, 5) is 7.88. The van der Waals surface area contributed by atoms with Crippen molar-refractivity contribution < 1.29 is 4.42 Å². The van der Waals surface area contributed by atoms with Gasteiger partial charge in [0, 0.05) is 45.2 Å². The third-order valence-corrected chi connectivity index (χ3v) is 21.6. The minimum absolute atomic E-state index is 0.00294. The maximum atomic E-state index is 7.90. The van der Waals surface area contributed by atoms with E-state index in [0.29, 0.717) is 11.8 Å². The Bertz CT molecular complexity index is 3860. The molecule has 0 radical (unpaired) electrons. The second-order valence-electron chi connectivity index (χ2n) is 31.8. The fourth-order valence-corrected chi connectivity index (χ4v) is 15.6. The minimum Gasteiger partial charge on any atom is -0.468 e. The topological polar surface area (TPSA) is 22.9 Å². The van der Waals surface area contributed by atoms with Crippen LogP contribution in [-0.4, -0.2) is 6.71 Å². The van der Waals surface area contributed by atoms with Crippen LogP contribution >= 0.6 is 0 Å². The summed E-state index contributed by atoms with van der Waals surface area (Å²) in [5.41, 5.74) is 27.9. The van der Waals surface area contributed by atoms with Crippen LogP contribution in [0, 0.1) is 0 Å². The number of fused-ring (bicyclic) bond motifs is 9. The van der Waals surface area contributed by atoms with E-state index in [2.05, 4.69) is 274 Å². The average Bonchev–Trinajstić information content (AvgIpc) is 1.79. The van der Waals surface area contributed by atoms with Crippen LogP contribution in [0.15, 0.2) is 132 Å². The monoisotopic (exact) mass is 1100 g/mol. The molecule has 3 heterocycles. The molecule has 3 aliphatic carbocycles. The van der Waals surface area contributed by atoms with Gasteiger partial charge in [-0.3, -0.25) is 0 Å². The van der Waals surface area contributed by atoms with Crippen molar-refractivity contribution in [1.29, 1.82) is 0 Å². The summed E-state index contributed by atoms with van der Waals surface area (Å²) in [6, 6.07) is 51.4. The number of nitrogens with zero attached hydrogens (tertiary/aromatic N) is 3. The first kappa shape index (κ1) is 55.7. The maximum absolute atomic E-state index is 7.90. The zero-order valence-electron chi connectivity index (χ0n) is 53.8. The molecule has 8 aromatic rings. The second kappa shape index (κ2) is 18.5. The zero-order chi connectivity index (χ0) is 59.0. The van der Waals surface area contributed by atoms with Gasteiger partial charge < -0.3 is 19.1 Å². The van der Waals surface area contributed by atoms with Gasteiger partial charge in [0.2, 0.25) is 0 Å². The number of anilines is 9. The fourth-order valence-electron chi connectivity index (χ4n) is 15.6. The molecular weight excluding hydrogens is 1010 g/mol. The molecule has 83 heavy (non-hydrogen) atoms. The highest BCUT2D eigenvalue weighted by molar-refractivity contribution is 7.00. The van der Waals surface area contributed by atoms with Gasteiger partial charge in [0.05, 0.1) is 17.0 Å². The van der Waals surface area contributed by atoms with E-state index in [-0.39, 0.29) is 44.6 Å². The van der Waals surface area contributed by atoms with E-state index < -0.39 is 0 Å². The van der Waals surface area contributed by atoms with Gasteiger partial charge in [-0.05, 0) is 228 Å². The van der Waals surface area contributed by atoms with Crippen LogP contribution in [-0.2, 0) is 37.9 Å². The SMILES string of the molecule is CC(C)c1ccc(N(c2ccc(C(C)C)cc2)c2cc3c4c(c2)N(c2ccc5c(c2)C(C)(C)CCC5(C)C)c2c(oc5cc6c(cc25)C(C)(C)CCC6(C)C)B4c2cc4c(cc2N3c2ccc(C(C)(C)C)cc2)C(C)(C)CCC4(C)C)cc1. The van der Waals surface area contributed by atoms with Gasteiger partial charge in [0.15, 0.2) is 0 Å². The van der Waals surface area contributed by atoms with Gasteiger partial charge >= 0.3 is 0 Å². The van der Waals surface area contributed by atoms with E-state index in [1.54, 1.807) is 0 Å². The van der Waals surface area contributed by atoms with Gasteiger partial charge in [0.1, 0.15) is 5.58 Å². The van der Waals surface area contributed by atoms with Crippen LogP contribution in [0.5, 0.6) is 0 Å². The summed E-state index contributed by atoms with van der Waals surface area (Å²) in [5, 5.41) is 1.20. The van der Waals surface area contributed by atoms with Crippen LogP contribution in [0.1, 0.15) is 232 Å². The number of hydrogen-bond donors (Lipinski definition) is 0. The maximum Gasteiger partial charge on any atom is 0.297 e. The van der Waals surface area contributed by atoms with Crippen molar-refractivity contribution in [3.05, 3.63) is 177 Å². The highest BCUT2D eigenvalue weighted by atomic mass is 16.3. The molecule has 428 valence electrons. The summed E-state index contributed by atoms with van der Waals surface area (Å²) in [7, 11) is 0. The van der Waals surface area contributed by atoms with Crippen LogP contribution in [0.4, 0.5) is 51.2 Å². The lowest BCUT2D eigenvalue weighted by Gasteiger charge is -2.47. The van der Waals surface area contributed by atoms with Crippen LogP contribution in [0.2, 0.25) is 0 Å². The Kier molecular flexibility index (Phi) is 12.4. The minimum atomic E-state index is -0.200. The average molecular weight is 1100 g/mol. The summed E-state index contributed by atoms with van der Waals surface area (Å²) in [5.74, 6) is 0.823. The smallest absolute Gasteiger partial charge is 0.297 e. The molecule has 0 saturated carbocycles. The Morgan fingerprint density at radius 1 is 0.434 bits per heavy atom. The molecule has 0 N–H and O–H groups in total. The predicted molar refractivity (Wildman–Crippen MR) is 358 cm³/mol. The Balaban J connectivity index is 1.21. The van der Waals surface area contributed by atoms with Gasteiger partial charge in [-0.15, -0.1) is 0 Å². The van der Waals surface area contributed by atoms with Gasteiger partial charge in [-0.1, -0.05) is 180 Å². The van der Waals surface area contributed by atoms with E-state index in [1.807, 2.05) is 0 Å². The fraction of sp³-hybridized carbons (Fsp3) is 0.436. The van der Waals surface area contributed by atoms with Crippen LogP contribution < -0.4 is 31.3 Å². The summed E-state index contributed by atoms with van der Waals surface area (Å²) >= 11 is 0. The zero-order valence-corrected chi connectivity index (χ0v) is 53.8. The lowest BCUT2D eigenvalue weighted by Crippen LogP contribution is -2.61. The summed E-state index contributed by atoms with van der Waals surface area (Å²) in [6.45, 7) is 45.6. The molecule has 2 aliphatic heterocycles. The van der Waals surface area contributed by atoms with Gasteiger partial charge in [0.25, 0.3) is 6.71 Å². The molecule has 0 unspecified atom stereocenters. The Morgan fingerprint density at radius 3 is 1.36 bits per heavy atom. The molecule has 0 saturated heterocycles. The van der Waals surface area contributed by atoms with E-state index in [4.69, 9.17) is 4.42 Å². The molecule has 0 bridgehead atoms. The first-order valence-corrected chi connectivity index (χ1v) is 31.7. The number of benzene rings is 7. The lowest BCUT2D eigenvalue weighted by atomic mass is 9.35. The molecule has 13 rings (SSSR count). The first-order valence-electron chi connectivity index (χ1n) is 31.7. The highest BCUT2D eigenvalue weighted by Gasteiger charge is 2.51. The van der Waals surface area contributed by atoms with Crippen molar-refractivity contribution in [3.63, 3.8) is 0 Å². The van der Waals surface area contributed by atoms with Crippen molar-refractivity contribution in [2.75, 3.05) is 14.7 Å². The molecular formula is C78H92BN3O. The Labute approximate surface area is 499 Å². The van der Waals surface area contributed by atoms with E-state index in [9.17, 15) is 0 Å². The van der Waals surface area contributed by atoms with Crippen molar-refractivity contribution in [3.8, 4) is 0 Å². The summed E-state index contributed by atoms with van der Waals surface area (Å²) < 4.78 is 7.90. The first-order chi connectivity index (χ1) is 38.9. The molecule has 0 spiro atoms. The van der Waals surface area contributed by atoms with Crippen LogP contribution in [0.25, 0.3) is 11.0 Å². The van der Waals surface area contributed by atoms with Crippen molar-refractivity contribution in [2.45, 2.75) is 220 Å². The van der Waals surface area contributed by atoms with Gasteiger partial charge in [-0.25, -0.2) is 0 Å². The quantitative estimate of drug-likeness (QED) is 0.148. The van der Waals surface area contributed by atoms with Crippen molar-refractivity contribution in [2.24, 2.45) is 0 Å². The normalized spacial score (nSPS) is 19.2. The van der Waals surface area contributed by atoms with Crippen molar-refractivity contribution >= 4 is 85.5 Å². The third-order valence-electron chi connectivity index (χ3n) is 21.6. The van der Waals surface area contributed by atoms with Crippen molar-refractivity contribution in [1.82, 2.24) is 0 Å². The Morgan fingerprint density at radius 2 is 0.867 bits per heavy atom. The van der Waals surface area contributed by atoms with E-state index >= 15 is 0 Å². The third kappa shape index (κ3) is 8.79. The summed E-state index contributed by atoms with van der Waals surface area (Å²) in [6.07, 6.45) is 6.85. The second-order valence-corrected chi connectivity index (χ2v) is 31.8. The van der Waals surface area contributed by atoms with Crippen LogP contribution in [0.3, 0.4) is 0 Å². The molecule has 0 amide bonds. The molecule has 7 aromatic carbocycles. The van der Waals surface area contributed by atoms with Gasteiger partial charge in [-0.2, -0.15) is 0 Å². The number of hydrogen-bond acceptors (Lipinski definition) is 4. The largest absolute Gasteiger partial charge is 0.468 e. The van der Waals surface area contributed by atoms with E-state index in [1.165, 1.54) is 94.8 Å². The molecule has 5 aliphatic rings. The number of rotatable bonds is 7. The standard InChI is InChI=1S/C78H92BN3O/c1-47(2)49-20-26-52(27-21-49)80(53-28-22-50(23-29-53)48(3)4)56-41-66-69-67(42-56)82(55-32-33-58-59(40-55)74(10,11)35-34-73(58,8)9)70-57-43-60-63(78(18,19)39-36-75(60,12)13)46-68(57)83-71(70)79(69)64-44-61-62(77(16,17)38-37-76(61,14)15)45-65(64)81(66)54-30-24-51(25-31-54)72(5,6)7/h20-33,40-48H,34-39H2,1-19H3. The molecule has 5 heteroatoms. The molecule has 0 atom stereocenters. The Hall–Kier alpha value is -6.46. The van der Waals surface area contributed by atoms with E-state index in [0.717, 1.165) is 72.5 Å². The molecule has 0 fully saturated rings. The predicted octanol–water partition coefficient (Wildman–Crippen LogP) is 20.6. The lowest BCUT2D eigenvalue weighted by molar-refractivity contribution is 0.332. The highest BCUT2D eigenvalue weighted by Crippen LogP contribution is 2.56.